The second-order valence-corrected chi connectivity index (χ2v) is 7.47. The van der Waals surface area contributed by atoms with Crippen LogP contribution in [0.15, 0.2) is 40.3 Å². The third-order valence-corrected chi connectivity index (χ3v) is 5.22. The molecule has 1 fully saturated rings. The Kier molecular flexibility index (Phi) is 5.73. The third-order valence-electron chi connectivity index (χ3n) is 5.22. The standard InChI is InChI=1S/C23H27NO4/c1-5-6-7-12-24-20(18-11-10-16(4)28-18)19(22(26)23(24)27)21(25)17-13-14(2)8-9-15(17)3/h8-11,13,20,25H,5-7,12H2,1-4H3/b21-19+. The van der Waals surface area contributed by atoms with Gasteiger partial charge in [-0.2, -0.15) is 0 Å². The van der Waals surface area contributed by atoms with E-state index in [0.29, 0.717) is 23.6 Å². The topological polar surface area (TPSA) is 70.8 Å². The molecule has 5 nitrogen and oxygen atoms in total. The van der Waals surface area contributed by atoms with Crippen molar-refractivity contribution in [1.82, 2.24) is 4.90 Å². The Morgan fingerprint density at radius 1 is 1.11 bits per heavy atom. The molecule has 0 saturated carbocycles. The summed E-state index contributed by atoms with van der Waals surface area (Å²) in [7, 11) is 0. The number of Topliss-reactive ketones (excluding diaryl/α,β-unsaturated/α-hetero) is 1. The molecule has 0 bridgehead atoms. The van der Waals surface area contributed by atoms with E-state index in [9.17, 15) is 14.7 Å². The van der Waals surface area contributed by atoms with Gasteiger partial charge in [-0.25, -0.2) is 0 Å². The first-order valence-corrected chi connectivity index (χ1v) is 9.77. The smallest absolute Gasteiger partial charge is 0.295 e. The summed E-state index contributed by atoms with van der Waals surface area (Å²) in [5.74, 6) is -0.187. The Labute approximate surface area is 165 Å². The quantitative estimate of drug-likeness (QED) is 0.337. The second kappa shape index (κ2) is 8.05. The summed E-state index contributed by atoms with van der Waals surface area (Å²) in [4.78, 5) is 27.2. The zero-order valence-electron chi connectivity index (χ0n) is 16.9. The maximum Gasteiger partial charge on any atom is 0.295 e. The van der Waals surface area contributed by atoms with Gasteiger partial charge >= 0.3 is 0 Å². The number of rotatable bonds is 6. The minimum absolute atomic E-state index is 0.101. The predicted octanol–water partition coefficient (Wildman–Crippen LogP) is 4.82. The van der Waals surface area contributed by atoms with Crippen LogP contribution in [-0.2, 0) is 9.59 Å². The molecular formula is C23H27NO4. The maximum atomic E-state index is 12.9. The third kappa shape index (κ3) is 3.61. The molecule has 1 amide bonds. The van der Waals surface area contributed by atoms with Crippen LogP contribution < -0.4 is 0 Å². The Balaban J connectivity index is 2.14. The minimum atomic E-state index is -0.703. The van der Waals surface area contributed by atoms with Crippen LogP contribution in [0.25, 0.3) is 5.76 Å². The highest BCUT2D eigenvalue weighted by atomic mass is 16.3. The first kappa shape index (κ1) is 19.9. The monoisotopic (exact) mass is 381 g/mol. The lowest BCUT2D eigenvalue weighted by atomic mass is 9.96. The first-order chi connectivity index (χ1) is 13.3. The highest BCUT2D eigenvalue weighted by Gasteiger charge is 2.47. The average molecular weight is 381 g/mol. The fourth-order valence-corrected chi connectivity index (χ4v) is 3.68. The molecule has 0 radical (unpaired) electrons. The summed E-state index contributed by atoms with van der Waals surface area (Å²) >= 11 is 0. The molecule has 1 N–H and O–H groups in total. The van der Waals surface area contributed by atoms with Gasteiger partial charge in [-0.05, 0) is 51.0 Å². The highest BCUT2D eigenvalue weighted by Crippen LogP contribution is 2.40. The van der Waals surface area contributed by atoms with Gasteiger partial charge in [0.25, 0.3) is 11.7 Å². The lowest BCUT2D eigenvalue weighted by Crippen LogP contribution is -2.30. The van der Waals surface area contributed by atoms with Crippen LogP contribution in [0, 0.1) is 20.8 Å². The van der Waals surface area contributed by atoms with Crippen molar-refractivity contribution in [2.24, 2.45) is 0 Å². The molecule has 0 spiro atoms. The van der Waals surface area contributed by atoms with Crippen molar-refractivity contribution in [3.8, 4) is 0 Å². The largest absolute Gasteiger partial charge is 0.507 e. The molecule has 28 heavy (non-hydrogen) atoms. The molecular weight excluding hydrogens is 354 g/mol. The number of hydrogen-bond donors (Lipinski definition) is 1. The second-order valence-electron chi connectivity index (χ2n) is 7.47. The first-order valence-electron chi connectivity index (χ1n) is 9.77. The van der Waals surface area contributed by atoms with Gasteiger partial charge in [0.1, 0.15) is 23.3 Å². The number of unbranched alkanes of at least 4 members (excludes halogenated alkanes) is 2. The fourth-order valence-electron chi connectivity index (χ4n) is 3.68. The van der Waals surface area contributed by atoms with Gasteiger partial charge in [-0.3, -0.25) is 9.59 Å². The molecule has 1 aromatic heterocycles. The maximum absolute atomic E-state index is 12.9. The van der Waals surface area contributed by atoms with Crippen molar-refractivity contribution in [3.05, 3.63) is 64.1 Å². The molecule has 2 aromatic rings. The van der Waals surface area contributed by atoms with Gasteiger partial charge in [-0.1, -0.05) is 37.5 Å². The lowest BCUT2D eigenvalue weighted by Gasteiger charge is -2.23. The summed E-state index contributed by atoms with van der Waals surface area (Å²) in [6.07, 6.45) is 2.77. The van der Waals surface area contributed by atoms with Crippen molar-refractivity contribution >= 4 is 17.4 Å². The molecule has 1 aliphatic heterocycles. The van der Waals surface area contributed by atoms with Gasteiger partial charge in [0.2, 0.25) is 0 Å². The molecule has 1 aromatic carbocycles. The van der Waals surface area contributed by atoms with E-state index in [1.54, 1.807) is 12.1 Å². The van der Waals surface area contributed by atoms with Crippen LogP contribution in [0.2, 0.25) is 0 Å². The molecule has 5 heteroatoms. The fraction of sp³-hybridized carbons (Fsp3) is 0.391. The number of likely N-dealkylation sites (tertiary alicyclic amines) is 1. The summed E-state index contributed by atoms with van der Waals surface area (Å²) < 4.78 is 5.78. The van der Waals surface area contributed by atoms with E-state index in [-0.39, 0.29) is 11.3 Å². The molecule has 148 valence electrons. The number of aliphatic hydroxyl groups excluding tert-OH is 1. The van der Waals surface area contributed by atoms with Gasteiger partial charge in [0.05, 0.1) is 5.57 Å². The van der Waals surface area contributed by atoms with E-state index >= 15 is 0 Å². The van der Waals surface area contributed by atoms with E-state index in [1.807, 2.05) is 39.0 Å². The molecule has 1 unspecified atom stereocenters. The van der Waals surface area contributed by atoms with Crippen LogP contribution >= 0.6 is 0 Å². The van der Waals surface area contributed by atoms with Crippen molar-refractivity contribution in [3.63, 3.8) is 0 Å². The van der Waals surface area contributed by atoms with Crippen LogP contribution in [0.3, 0.4) is 0 Å². The number of ketones is 1. The Morgan fingerprint density at radius 3 is 2.50 bits per heavy atom. The van der Waals surface area contributed by atoms with Crippen LogP contribution in [0.4, 0.5) is 0 Å². The molecule has 1 saturated heterocycles. The molecule has 0 aliphatic carbocycles. The predicted molar refractivity (Wildman–Crippen MR) is 108 cm³/mol. The number of benzene rings is 1. The SMILES string of the molecule is CCCCCN1C(=O)C(=O)/C(=C(/O)c2cc(C)ccc2C)C1c1ccc(C)o1. The summed E-state index contributed by atoms with van der Waals surface area (Å²) in [5.41, 5.74) is 2.48. The Hall–Kier alpha value is -2.82. The number of nitrogens with zero attached hydrogens (tertiary/aromatic N) is 1. The van der Waals surface area contributed by atoms with Gasteiger partial charge in [-0.15, -0.1) is 0 Å². The van der Waals surface area contributed by atoms with E-state index in [0.717, 1.165) is 30.4 Å². The summed E-state index contributed by atoms with van der Waals surface area (Å²) in [6.45, 7) is 8.15. The van der Waals surface area contributed by atoms with Crippen LogP contribution in [0.5, 0.6) is 0 Å². The Morgan fingerprint density at radius 2 is 1.86 bits per heavy atom. The van der Waals surface area contributed by atoms with Crippen molar-refractivity contribution in [2.75, 3.05) is 6.54 Å². The number of aliphatic hydroxyl groups is 1. The van der Waals surface area contributed by atoms with Crippen molar-refractivity contribution in [2.45, 2.75) is 53.0 Å². The molecule has 1 atom stereocenters. The highest BCUT2D eigenvalue weighted by molar-refractivity contribution is 6.46. The molecule has 1 aliphatic rings. The van der Waals surface area contributed by atoms with Crippen LogP contribution in [-0.4, -0.2) is 28.2 Å². The number of carbonyl (C=O) groups is 2. The van der Waals surface area contributed by atoms with Gasteiger partial charge < -0.3 is 14.4 Å². The summed E-state index contributed by atoms with van der Waals surface area (Å²) in [6, 6.07) is 8.55. The van der Waals surface area contributed by atoms with Crippen molar-refractivity contribution < 1.29 is 19.1 Å². The zero-order valence-corrected chi connectivity index (χ0v) is 16.9. The van der Waals surface area contributed by atoms with E-state index in [4.69, 9.17) is 4.42 Å². The zero-order chi connectivity index (χ0) is 20.4. The van der Waals surface area contributed by atoms with E-state index < -0.39 is 17.7 Å². The average Bonchev–Trinajstić information content (AvgIpc) is 3.19. The normalized spacial score (nSPS) is 18.9. The van der Waals surface area contributed by atoms with Crippen LogP contribution in [0.1, 0.15) is 60.4 Å². The number of furan rings is 1. The van der Waals surface area contributed by atoms with Gasteiger partial charge in [0.15, 0.2) is 0 Å². The lowest BCUT2D eigenvalue weighted by molar-refractivity contribution is -0.140. The Bertz CT molecular complexity index is 938. The number of hydrogen-bond acceptors (Lipinski definition) is 4. The number of amides is 1. The van der Waals surface area contributed by atoms with E-state index in [2.05, 4.69) is 6.92 Å². The number of carbonyl (C=O) groups excluding carboxylic acids is 2. The molecule has 2 heterocycles. The molecule has 3 rings (SSSR count). The summed E-state index contributed by atoms with van der Waals surface area (Å²) in [5, 5.41) is 11.1. The van der Waals surface area contributed by atoms with Crippen molar-refractivity contribution in [1.29, 1.82) is 0 Å². The van der Waals surface area contributed by atoms with E-state index in [1.165, 1.54) is 4.90 Å². The minimum Gasteiger partial charge on any atom is -0.507 e. The number of aryl methyl sites for hydroxylation is 3. The van der Waals surface area contributed by atoms with Gasteiger partial charge in [0, 0.05) is 12.1 Å².